The molecule has 0 spiro atoms. The fourth-order valence-electron chi connectivity index (χ4n) is 0.991. The van der Waals surface area contributed by atoms with Crippen LogP contribution in [0.4, 0.5) is 5.69 Å². The van der Waals surface area contributed by atoms with Gasteiger partial charge in [-0.15, -0.1) is 0 Å². The molecule has 0 saturated heterocycles. The second-order valence-corrected chi connectivity index (χ2v) is 3.21. The van der Waals surface area contributed by atoms with Gasteiger partial charge in [0.1, 0.15) is 5.75 Å². The molecular weight excluding hydrogens is 190 g/mol. The Morgan fingerprint density at radius 3 is 2.69 bits per heavy atom. The number of hydrogen-bond acceptors (Lipinski definition) is 2. The quantitative estimate of drug-likeness (QED) is 0.682. The number of carbonyl (C=O) groups is 1. The molecule has 70 valence electrons. The molecule has 3 nitrogen and oxygen atoms in total. The molecule has 0 aliphatic carbocycles. The third-order valence-corrected chi connectivity index (χ3v) is 1.91. The maximum atomic E-state index is 10.7. The van der Waals surface area contributed by atoms with Crippen LogP contribution in [0.5, 0.6) is 5.75 Å². The van der Waals surface area contributed by atoms with Crippen LogP contribution in [-0.4, -0.2) is 11.0 Å². The highest BCUT2D eigenvalue weighted by Gasteiger charge is 2.05. The number of rotatable bonds is 1. The number of hydrogen-bond donors (Lipinski definition) is 2. The summed E-state index contributed by atoms with van der Waals surface area (Å²) in [5.74, 6) is -0.141. The van der Waals surface area contributed by atoms with E-state index in [9.17, 15) is 9.90 Å². The van der Waals surface area contributed by atoms with Crippen LogP contribution < -0.4 is 5.32 Å². The molecule has 1 aromatic carbocycles. The number of anilines is 1. The van der Waals surface area contributed by atoms with E-state index < -0.39 is 0 Å². The van der Waals surface area contributed by atoms with Gasteiger partial charge in [-0.05, 0) is 24.6 Å². The van der Waals surface area contributed by atoms with Crippen molar-refractivity contribution in [1.29, 1.82) is 0 Å². The molecule has 0 atom stereocenters. The fraction of sp³-hybridized carbons (Fsp3) is 0.222. The lowest BCUT2D eigenvalue weighted by Crippen LogP contribution is -2.06. The van der Waals surface area contributed by atoms with E-state index >= 15 is 0 Å². The first-order valence-electron chi connectivity index (χ1n) is 3.77. The van der Waals surface area contributed by atoms with Crippen LogP contribution in [0, 0.1) is 6.92 Å². The molecule has 0 aliphatic rings. The van der Waals surface area contributed by atoms with Crippen LogP contribution >= 0.6 is 11.6 Å². The van der Waals surface area contributed by atoms with Gasteiger partial charge in [0.2, 0.25) is 5.91 Å². The molecule has 0 saturated carbocycles. The molecule has 2 N–H and O–H groups in total. The van der Waals surface area contributed by atoms with Crippen LogP contribution in [-0.2, 0) is 4.79 Å². The first-order valence-corrected chi connectivity index (χ1v) is 4.15. The summed E-state index contributed by atoms with van der Waals surface area (Å²) in [4.78, 5) is 10.7. The van der Waals surface area contributed by atoms with Crippen LogP contribution in [0.25, 0.3) is 0 Å². The summed E-state index contributed by atoms with van der Waals surface area (Å²) >= 11 is 5.67. The largest absolute Gasteiger partial charge is 0.506 e. The Labute approximate surface area is 81.3 Å². The van der Waals surface area contributed by atoms with Crippen molar-refractivity contribution in [2.75, 3.05) is 5.32 Å². The molecule has 0 aromatic heterocycles. The molecule has 13 heavy (non-hydrogen) atoms. The van der Waals surface area contributed by atoms with Gasteiger partial charge in [-0.3, -0.25) is 4.79 Å². The third-order valence-electron chi connectivity index (χ3n) is 1.60. The summed E-state index contributed by atoms with van der Waals surface area (Å²) in [6.45, 7) is 3.20. The summed E-state index contributed by atoms with van der Waals surface area (Å²) in [7, 11) is 0. The van der Waals surface area contributed by atoms with Crippen LogP contribution in [0.15, 0.2) is 12.1 Å². The van der Waals surface area contributed by atoms with Crippen molar-refractivity contribution in [3.63, 3.8) is 0 Å². The van der Waals surface area contributed by atoms with E-state index in [-0.39, 0.29) is 16.7 Å². The van der Waals surface area contributed by atoms with E-state index in [2.05, 4.69) is 5.32 Å². The van der Waals surface area contributed by atoms with Gasteiger partial charge in [-0.2, -0.15) is 0 Å². The Hall–Kier alpha value is -1.22. The predicted molar refractivity (Wildman–Crippen MR) is 52.2 cm³/mol. The van der Waals surface area contributed by atoms with E-state index in [0.717, 1.165) is 5.56 Å². The minimum Gasteiger partial charge on any atom is -0.506 e. The third kappa shape index (κ3) is 2.36. The highest BCUT2D eigenvalue weighted by Crippen LogP contribution is 2.29. The first kappa shape index (κ1) is 9.86. The zero-order valence-corrected chi connectivity index (χ0v) is 8.14. The number of benzene rings is 1. The lowest BCUT2D eigenvalue weighted by molar-refractivity contribution is -0.114. The summed E-state index contributed by atoms with van der Waals surface area (Å²) < 4.78 is 0. The number of aromatic hydroxyl groups is 1. The first-order chi connectivity index (χ1) is 6.00. The lowest BCUT2D eigenvalue weighted by atomic mass is 10.2. The number of carbonyl (C=O) groups excluding carboxylic acids is 1. The van der Waals surface area contributed by atoms with Crippen molar-refractivity contribution in [1.82, 2.24) is 0 Å². The van der Waals surface area contributed by atoms with Crippen molar-refractivity contribution in [2.24, 2.45) is 0 Å². The van der Waals surface area contributed by atoms with E-state index in [1.54, 1.807) is 6.92 Å². The Kier molecular flexibility index (Phi) is 2.78. The lowest BCUT2D eigenvalue weighted by Gasteiger charge is -2.07. The molecule has 0 radical (unpaired) electrons. The highest BCUT2D eigenvalue weighted by molar-refractivity contribution is 6.32. The number of phenolic OH excluding ortho intramolecular Hbond substituents is 1. The average Bonchev–Trinajstić information content (AvgIpc) is 1.99. The summed E-state index contributed by atoms with van der Waals surface area (Å²) in [5, 5.41) is 12.1. The predicted octanol–water partition coefficient (Wildman–Crippen LogP) is 2.31. The Morgan fingerprint density at radius 2 is 2.15 bits per heavy atom. The average molecular weight is 200 g/mol. The standard InChI is InChI=1S/C9H10ClNO2/c1-5-3-9(13)7(10)4-8(5)11-6(2)12/h3-4,13H,1-2H3,(H,11,12). The Morgan fingerprint density at radius 1 is 1.54 bits per heavy atom. The molecule has 0 fully saturated rings. The number of halogens is 1. The van der Waals surface area contributed by atoms with E-state index in [1.807, 2.05) is 0 Å². The Bertz CT molecular complexity index is 350. The van der Waals surface area contributed by atoms with Crippen LogP contribution in [0.1, 0.15) is 12.5 Å². The second kappa shape index (κ2) is 3.66. The minimum atomic E-state index is -0.162. The molecule has 0 aliphatic heterocycles. The second-order valence-electron chi connectivity index (χ2n) is 2.80. The van der Waals surface area contributed by atoms with Crippen molar-refractivity contribution in [3.8, 4) is 5.75 Å². The minimum absolute atomic E-state index is 0.0215. The van der Waals surface area contributed by atoms with Gasteiger partial charge in [-0.25, -0.2) is 0 Å². The molecule has 1 aromatic rings. The summed E-state index contributed by atoms with van der Waals surface area (Å²) in [6.07, 6.45) is 0. The van der Waals surface area contributed by atoms with E-state index in [1.165, 1.54) is 19.1 Å². The van der Waals surface area contributed by atoms with Gasteiger partial charge >= 0.3 is 0 Å². The van der Waals surface area contributed by atoms with Crippen LogP contribution in [0.2, 0.25) is 5.02 Å². The molecule has 0 bridgehead atoms. The number of phenols is 1. The van der Waals surface area contributed by atoms with Gasteiger partial charge in [0.25, 0.3) is 0 Å². The SMILES string of the molecule is CC(=O)Nc1cc(Cl)c(O)cc1C. The van der Waals surface area contributed by atoms with Crippen molar-refractivity contribution in [2.45, 2.75) is 13.8 Å². The van der Waals surface area contributed by atoms with Crippen molar-refractivity contribution < 1.29 is 9.90 Å². The molecule has 0 heterocycles. The Balaban J connectivity index is 3.08. The maximum absolute atomic E-state index is 10.7. The van der Waals surface area contributed by atoms with Gasteiger partial charge in [0.05, 0.1) is 5.02 Å². The van der Waals surface area contributed by atoms with Gasteiger partial charge in [-0.1, -0.05) is 11.6 Å². The summed E-state index contributed by atoms with van der Waals surface area (Å²) in [6, 6.07) is 3.03. The monoisotopic (exact) mass is 199 g/mol. The van der Waals surface area contributed by atoms with Gasteiger partial charge in [0.15, 0.2) is 0 Å². The topological polar surface area (TPSA) is 49.3 Å². The highest BCUT2D eigenvalue weighted by atomic mass is 35.5. The van der Waals surface area contributed by atoms with E-state index in [0.29, 0.717) is 5.69 Å². The number of aryl methyl sites for hydroxylation is 1. The van der Waals surface area contributed by atoms with E-state index in [4.69, 9.17) is 11.6 Å². The molecule has 1 amide bonds. The fourth-order valence-corrected chi connectivity index (χ4v) is 1.15. The number of amides is 1. The van der Waals surface area contributed by atoms with Crippen molar-refractivity contribution >= 4 is 23.2 Å². The van der Waals surface area contributed by atoms with Crippen LogP contribution in [0.3, 0.4) is 0 Å². The normalized spacial score (nSPS) is 9.77. The zero-order valence-electron chi connectivity index (χ0n) is 7.39. The summed E-state index contributed by atoms with van der Waals surface area (Å²) in [5.41, 5.74) is 1.40. The molecule has 4 heteroatoms. The number of nitrogens with one attached hydrogen (secondary N) is 1. The maximum Gasteiger partial charge on any atom is 0.221 e. The van der Waals surface area contributed by atoms with Crippen molar-refractivity contribution in [3.05, 3.63) is 22.7 Å². The molecular formula is C9H10ClNO2. The molecule has 0 unspecified atom stereocenters. The van der Waals surface area contributed by atoms with Gasteiger partial charge < -0.3 is 10.4 Å². The molecule has 1 rings (SSSR count). The zero-order chi connectivity index (χ0) is 10.0. The van der Waals surface area contributed by atoms with Gasteiger partial charge in [0, 0.05) is 12.6 Å². The smallest absolute Gasteiger partial charge is 0.221 e.